The van der Waals surface area contributed by atoms with Gasteiger partial charge in [-0.3, -0.25) is 9.98 Å². The van der Waals surface area contributed by atoms with E-state index in [-0.39, 0.29) is 12.1 Å². The number of pyridine rings is 1. The molecule has 2 aliphatic heterocycles. The van der Waals surface area contributed by atoms with Crippen molar-refractivity contribution in [1.82, 2.24) is 9.88 Å². The van der Waals surface area contributed by atoms with Crippen molar-refractivity contribution in [3.8, 4) is 11.5 Å². The van der Waals surface area contributed by atoms with Crippen LogP contribution in [0.25, 0.3) is 0 Å². The lowest BCUT2D eigenvalue weighted by Gasteiger charge is -2.33. The molecule has 27 heavy (non-hydrogen) atoms. The molecular weight excluding hydrogens is 358 g/mol. The van der Waals surface area contributed by atoms with Crippen LogP contribution in [0.4, 0.5) is 0 Å². The molecule has 1 aromatic heterocycles. The monoisotopic (exact) mass is 383 g/mol. The van der Waals surface area contributed by atoms with Crippen molar-refractivity contribution in [3.63, 3.8) is 0 Å². The molecular formula is C21H25N3O2S. The number of aromatic nitrogens is 1. The van der Waals surface area contributed by atoms with Crippen molar-refractivity contribution in [2.75, 3.05) is 20.0 Å². The highest BCUT2D eigenvalue weighted by Gasteiger charge is 2.46. The van der Waals surface area contributed by atoms with E-state index in [1.807, 2.05) is 30.1 Å². The van der Waals surface area contributed by atoms with Crippen LogP contribution in [0.3, 0.4) is 0 Å². The maximum atomic E-state index is 5.60. The Balaban J connectivity index is 1.84. The molecule has 4 rings (SSSR count). The van der Waals surface area contributed by atoms with Gasteiger partial charge in [-0.05, 0) is 48.7 Å². The van der Waals surface area contributed by atoms with Crippen LogP contribution >= 0.6 is 11.8 Å². The summed E-state index contributed by atoms with van der Waals surface area (Å²) in [5.74, 6) is 2.61. The third-order valence-corrected chi connectivity index (χ3v) is 6.55. The van der Waals surface area contributed by atoms with E-state index in [1.54, 1.807) is 14.2 Å². The maximum Gasteiger partial charge on any atom is 0.161 e. The van der Waals surface area contributed by atoms with Gasteiger partial charge in [-0.15, -0.1) is 0 Å². The summed E-state index contributed by atoms with van der Waals surface area (Å²) in [7, 11) is 3.36. The van der Waals surface area contributed by atoms with Gasteiger partial charge < -0.3 is 14.4 Å². The minimum Gasteiger partial charge on any atom is -0.493 e. The number of hydrogen-bond acceptors (Lipinski definition) is 6. The third-order valence-electron chi connectivity index (χ3n) is 5.42. The van der Waals surface area contributed by atoms with Crippen LogP contribution in [-0.4, -0.2) is 41.1 Å². The first-order valence-electron chi connectivity index (χ1n) is 9.30. The molecule has 0 unspecified atom stereocenters. The molecule has 0 bridgehead atoms. The lowest BCUT2D eigenvalue weighted by molar-refractivity contribution is 0.253. The predicted octanol–water partition coefficient (Wildman–Crippen LogP) is 4.39. The highest BCUT2D eigenvalue weighted by molar-refractivity contribution is 8.14. The Morgan fingerprint density at radius 2 is 1.96 bits per heavy atom. The number of fused-ring (bicyclic) bond motifs is 1. The van der Waals surface area contributed by atoms with Gasteiger partial charge in [-0.25, -0.2) is 0 Å². The molecule has 1 fully saturated rings. The number of hydrogen-bond donors (Lipinski definition) is 0. The Bertz CT molecular complexity index is 856. The van der Waals surface area contributed by atoms with Crippen LogP contribution in [-0.2, 0) is 0 Å². The summed E-state index contributed by atoms with van der Waals surface area (Å²) < 4.78 is 11.1. The lowest BCUT2D eigenvalue weighted by Crippen LogP contribution is -2.35. The third kappa shape index (κ3) is 3.06. The minimum absolute atomic E-state index is 0.0140. The molecule has 5 nitrogen and oxygen atoms in total. The van der Waals surface area contributed by atoms with Crippen LogP contribution in [0.15, 0.2) is 41.5 Å². The van der Waals surface area contributed by atoms with Crippen LogP contribution in [0.2, 0.25) is 0 Å². The van der Waals surface area contributed by atoms with E-state index in [0.29, 0.717) is 6.04 Å². The van der Waals surface area contributed by atoms with Crippen molar-refractivity contribution in [1.29, 1.82) is 0 Å². The first-order valence-corrected chi connectivity index (χ1v) is 10.3. The number of nitrogens with zero attached hydrogens (tertiary/aromatic N) is 3. The Morgan fingerprint density at radius 1 is 1.19 bits per heavy atom. The zero-order chi connectivity index (χ0) is 19.0. The van der Waals surface area contributed by atoms with E-state index in [1.165, 1.54) is 11.1 Å². The lowest BCUT2D eigenvalue weighted by atomic mass is 9.91. The zero-order valence-corrected chi connectivity index (χ0v) is 17.0. The van der Waals surface area contributed by atoms with E-state index < -0.39 is 0 Å². The van der Waals surface area contributed by atoms with Crippen molar-refractivity contribution in [2.24, 2.45) is 4.99 Å². The van der Waals surface area contributed by atoms with Gasteiger partial charge in [0.05, 0.1) is 26.0 Å². The number of aryl methyl sites for hydroxylation is 1. The SMILES string of the molecule is CC[C@@H]1CSC2=N[C@H](c3ccccn3)[C@@H](c3cc(OC)c(OC)cc3C)N21. The van der Waals surface area contributed by atoms with Gasteiger partial charge in [-0.1, -0.05) is 24.8 Å². The summed E-state index contributed by atoms with van der Waals surface area (Å²) in [5.41, 5.74) is 3.42. The summed E-state index contributed by atoms with van der Waals surface area (Å²) in [6, 6.07) is 10.8. The quantitative estimate of drug-likeness (QED) is 0.766. The molecule has 0 N–H and O–H groups in total. The van der Waals surface area contributed by atoms with Crippen molar-refractivity contribution in [2.45, 2.75) is 38.4 Å². The number of rotatable bonds is 5. The summed E-state index contributed by atoms with van der Waals surface area (Å²) >= 11 is 1.86. The van der Waals surface area contributed by atoms with Crippen LogP contribution in [0, 0.1) is 6.92 Å². The number of benzene rings is 1. The fourth-order valence-corrected chi connectivity index (χ4v) is 5.34. The second kappa shape index (κ2) is 7.43. The molecule has 0 spiro atoms. The fourth-order valence-electron chi connectivity index (χ4n) is 4.00. The molecule has 2 aromatic rings. The predicted molar refractivity (Wildman–Crippen MR) is 110 cm³/mol. The van der Waals surface area contributed by atoms with E-state index in [4.69, 9.17) is 14.5 Å². The fraction of sp³-hybridized carbons (Fsp3) is 0.429. The molecule has 0 aliphatic carbocycles. The Hall–Kier alpha value is -2.21. The largest absolute Gasteiger partial charge is 0.493 e. The molecule has 3 heterocycles. The first kappa shape index (κ1) is 18.2. The number of thioether (sulfide) groups is 1. The second-order valence-corrected chi connectivity index (χ2v) is 7.89. The molecule has 0 saturated carbocycles. The average Bonchev–Trinajstić information content (AvgIpc) is 3.27. The van der Waals surface area contributed by atoms with Crippen LogP contribution < -0.4 is 9.47 Å². The van der Waals surface area contributed by atoms with Crippen LogP contribution in [0.5, 0.6) is 11.5 Å². The number of ether oxygens (including phenoxy) is 2. The molecule has 2 aliphatic rings. The highest BCUT2D eigenvalue weighted by atomic mass is 32.2. The minimum atomic E-state index is -0.0140. The van der Waals surface area contributed by atoms with Gasteiger partial charge in [-0.2, -0.15) is 0 Å². The van der Waals surface area contributed by atoms with Crippen molar-refractivity contribution >= 4 is 16.9 Å². The maximum absolute atomic E-state index is 5.60. The molecule has 3 atom stereocenters. The molecule has 1 aromatic carbocycles. The van der Waals surface area contributed by atoms with E-state index >= 15 is 0 Å². The highest BCUT2D eigenvalue weighted by Crippen LogP contribution is 2.50. The standard InChI is InChI=1S/C21H25N3O2S/c1-5-14-12-27-21-23-19(16-8-6-7-9-22-16)20(24(14)21)15-11-18(26-4)17(25-3)10-13(15)2/h6-11,14,19-20H,5,12H2,1-4H3/t14-,19-,20-/m1/s1. The topological polar surface area (TPSA) is 47.0 Å². The van der Waals surface area contributed by atoms with E-state index in [2.05, 4.69) is 41.9 Å². The smallest absolute Gasteiger partial charge is 0.161 e. The van der Waals surface area contributed by atoms with Gasteiger partial charge in [0.15, 0.2) is 16.7 Å². The zero-order valence-electron chi connectivity index (χ0n) is 16.2. The molecule has 1 saturated heterocycles. The number of methoxy groups -OCH3 is 2. The Kier molecular flexibility index (Phi) is 5.00. The summed E-state index contributed by atoms with van der Waals surface area (Å²) in [5, 5.41) is 1.14. The van der Waals surface area contributed by atoms with Gasteiger partial charge in [0.25, 0.3) is 0 Å². The molecule has 0 amide bonds. The summed E-state index contributed by atoms with van der Waals surface area (Å²) in [6.07, 6.45) is 2.95. The number of aliphatic imine (C=N–C) groups is 1. The Morgan fingerprint density at radius 3 is 2.63 bits per heavy atom. The normalized spacial score (nSPS) is 23.9. The van der Waals surface area contributed by atoms with E-state index in [9.17, 15) is 0 Å². The molecule has 0 radical (unpaired) electrons. The summed E-state index contributed by atoms with van der Waals surface area (Å²) in [6.45, 7) is 4.38. The Labute approximate surface area is 164 Å². The van der Waals surface area contributed by atoms with Crippen LogP contribution in [0.1, 0.15) is 42.2 Å². The second-order valence-electron chi connectivity index (χ2n) is 6.90. The van der Waals surface area contributed by atoms with Gasteiger partial charge in [0.1, 0.15) is 6.04 Å². The van der Waals surface area contributed by atoms with E-state index in [0.717, 1.165) is 34.5 Å². The number of amidine groups is 1. The van der Waals surface area contributed by atoms with Gasteiger partial charge in [0, 0.05) is 18.0 Å². The summed E-state index contributed by atoms with van der Waals surface area (Å²) in [4.78, 5) is 12.2. The van der Waals surface area contributed by atoms with Crippen molar-refractivity contribution < 1.29 is 9.47 Å². The van der Waals surface area contributed by atoms with Crippen molar-refractivity contribution in [3.05, 3.63) is 53.3 Å². The molecule has 6 heteroatoms. The average molecular weight is 384 g/mol. The van der Waals surface area contributed by atoms with Gasteiger partial charge in [0.2, 0.25) is 0 Å². The molecule has 142 valence electrons. The first-order chi connectivity index (χ1) is 13.2. The van der Waals surface area contributed by atoms with Gasteiger partial charge >= 0.3 is 0 Å².